The summed E-state index contributed by atoms with van der Waals surface area (Å²) in [5, 5.41) is 0. The number of likely N-dealkylation sites (N-methyl/N-ethyl adjacent to an activating group) is 1. The molecular formula is C18H29NO4P2. The lowest BCUT2D eigenvalue weighted by Crippen LogP contribution is -2.42. The molecule has 6 atom stereocenters. The first-order chi connectivity index (χ1) is 12.0. The van der Waals surface area contributed by atoms with E-state index in [1.54, 1.807) is 11.9 Å². The highest BCUT2D eigenvalue weighted by Gasteiger charge is 2.29. The van der Waals surface area contributed by atoms with E-state index in [0.717, 1.165) is 11.8 Å². The van der Waals surface area contributed by atoms with Crippen molar-refractivity contribution in [3.05, 3.63) is 35.9 Å². The second kappa shape index (κ2) is 11.7. The lowest BCUT2D eigenvalue weighted by atomic mass is 9.97. The molecule has 0 bridgehead atoms. The van der Waals surface area contributed by atoms with Crippen molar-refractivity contribution in [3.8, 4) is 0 Å². The summed E-state index contributed by atoms with van der Waals surface area (Å²) in [6.45, 7) is 3.87. The Bertz CT molecular complexity index is 529. The van der Waals surface area contributed by atoms with Crippen molar-refractivity contribution >= 4 is 31.1 Å². The fourth-order valence-corrected chi connectivity index (χ4v) is 3.49. The van der Waals surface area contributed by atoms with E-state index >= 15 is 0 Å². The molecule has 1 amide bonds. The zero-order valence-corrected chi connectivity index (χ0v) is 17.4. The quantitative estimate of drug-likeness (QED) is 0.432. The number of nitrogens with zero attached hydrogens (tertiary/aromatic N) is 1. The fourth-order valence-electron chi connectivity index (χ4n) is 2.86. The summed E-state index contributed by atoms with van der Waals surface area (Å²) < 4.78 is 10.9. The van der Waals surface area contributed by atoms with Gasteiger partial charge in [0.1, 0.15) is 12.4 Å². The van der Waals surface area contributed by atoms with Crippen molar-refractivity contribution in [1.29, 1.82) is 0 Å². The van der Waals surface area contributed by atoms with Crippen molar-refractivity contribution in [3.63, 3.8) is 0 Å². The van der Waals surface area contributed by atoms with Gasteiger partial charge in [-0.3, -0.25) is 4.79 Å². The first-order valence-corrected chi connectivity index (χ1v) is 9.36. The summed E-state index contributed by atoms with van der Waals surface area (Å²) in [5.74, 6) is -0.167. The fraction of sp³-hybridized carbons (Fsp3) is 0.556. The van der Waals surface area contributed by atoms with E-state index in [1.165, 1.54) is 0 Å². The van der Waals surface area contributed by atoms with Crippen LogP contribution in [0.15, 0.2) is 30.3 Å². The number of aldehydes is 1. The molecular weight excluding hydrogens is 356 g/mol. The van der Waals surface area contributed by atoms with Gasteiger partial charge in [-0.2, -0.15) is 0 Å². The Labute approximate surface area is 155 Å². The smallest absolute Gasteiger partial charge is 0.225 e. The van der Waals surface area contributed by atoms with Gasteiger partial charge >= 0.3 is 0 Å². The van der Waals surface area contributed by atoms with Crippen molar-refractivity contribution < 1.29 is 18.6 Å². The Balaban J connectivity index is 2.73. The molecule has 0 aliphatic heterocycles. The SMILES string of the molecule is C[C@H](C[C@@H](CCC=O)OP)C(=O)N(C)[C@H](C)[C@H](OP)c1ccccc1. The molecule has 1 rings (SSSR count). The largest absolute Gasteiger partial charge is 0.362 e. The summed E-state index contributed by atoms with van der Waals surface area (Å²) in [6.07, 6.45) is 2.15. The van der Waals surface area contributed by atoms with Gasteiger partial charge in [0.15, 0.2) is 0 Å². The number of amides is 1. The molecule has 0 saturated carbocycles. The van der Waals surface area contributed by atoms with Crippen LogP contribution in [0.4, 0.5) is 0 Å². The second-order valence-corrected chi connectivity index (χ2v) is 6.84. The molecule has 5 nitrogen and oxygen atoms in total. The van der Waals surface area contributed by atoms with Gasteiger partial charge in [0.05, 0.1) is 12.1 Å². The Kier molecular flexibility index (Phi) is 10.4. The van der Waals surface area contributed by atoms with Crippen molar-refractivity contribution in [2.75, 3.05) is 7.05 Å². The molecule has 0 aliphatic rings. The molecule has 0 aliphatic carbocycles. The number of hydrogen-bond acceptors (Lipinski definition) is 4. The normalized spacial score (nSPS) is 15.9. The number of hydrogen-bond donors (Lipinski definition) is 0. The first kappa shape index (κ1) is 22.2. The van der Waals surface area contributed by atoms with Gasteiger partial charge in [-0.1, -0.05) is 37.3 Å². The molecule has 0 radical (unpaired) electrons. The summed E-state index contributed by atoms with van der Waals surface area (Å²) >= 11 is 0. The summed E-state index contributed by atoms with van der Waals surface area (Å²) in [6, 6.07) is 9.72. The minimum Gasteiger partial charge on any atom is -0.362 e. The third kappa shape index (κ3) is 6.75. The van der Waals surface area contributed by atoms with Gasteiger partial charge in [0, 0.05) is 38.3 Å². The predicted molar refractivity (Wildman–Crippen MR) is 106 cm³/mol. The van der Waals surface area contributed by atoms with Crippen LogP contribution in [-0.2, 0) is 18.6 Å². The van der Waals surface area contributed by atoms with Crippen LogP contribution in [0.3, 0.4) is 0 Å². The number of carbonyl (C=O) groups excluding carboxylic acids is 2. The standard InChI is InChI=1S/C18H29NO4P2/c1-13(12-16(22-24)10-7-11-20)18(21)19(3)14(2)17(23-25)15-8-5-4-6-9-15/h4-6,8-9,11,13-14,16-17H,7,10,12,24-25H2,1-3H3/t13-,14-,16-,17+/m1/s1. The van der Waals surface area contributed by atoms with E-state index < -0.39 is 0 Å². The number of carbonyl (C=O) groups is 2. The summed E-state index contributed by atoms with van der Waals surface area (Å²) in [7, 11) is 6.32. The molecule has 25 heavy (non-hydrogen) atoms. The van der Waals surface area contributed by atoms with E-state index in [9.17, 15) is 9.59 Å². The van der Waals surface area contributed by atoms with E-state index in [0.29, 0.717) is 19.3 Å². The van der Waals surface area contributed by atoms with Crippen LogP contribution in [-0.4, -0.2) is 36.3 Å². The van der Waals surface area contributed by atoms with Crippen LogP contribution < -0.4 is 0 Å². The monoisotopic (exact) mass is 385 g/mol. The van der Waals surface area contributed by atoms with Gasteiger partial charge in [0.2, 0.25) is 5.91 Å². The summed E-state index contributed by atoms with van der Waals surface area (Å²) in [4.78, 5) is 25.1. The molecule has 0 saturated heterocycles. The Hall–Kier alpha value is -0.860. The molecule has 0 heterocycles. The van der Waals surface area contributed by atoms with Gasteiger partial charge in [-0.25, -0.2) is 0 Å². The predicted octanol–water partition coefficient (Wildman–Crippen LogP) is 3.56. The van der Waals surface area contributed by atoms with E-state index in [1.807, 2.05) is 44.2 Å². The molecule has 2 unspecified atom stereocenters. The zero-order valence-electron chi connectivity index (χ0n) is 15.1. The molecule has 0 N–H and O–H groups in total. The topological polar surface area (TPSA) is 55.8 Å². The lowest BCUT2D eigenvalue weighted by Gasteiger charge is -2.33. The summed E-state index contributed by atoms with van der Waals surface area (Å²) in [5.41, 5.74) is 1.02. The van der Waals surface area contributed by atoms with E-state index in [4.69, 9.17) is 9.05 Å². The maximum Gasteiger partial charge on any atom is 0.225 e. The van der Waals surface area contributed by atoms with Crippen molar-refractivity contribution in [2.24, 2.45) is 5.92 Å². The van der Waals surface area contributed by atoms with E-state index in [-0.39, 0.29) is 30.1 Å². The van der Waals surface area contributed by atoms with Crippen molar-refractivity contribution in [1.82, 2.24) is 4.90 Å². The Morgan fingerprint density at radius 2 is 1.84 bits per heavy atom. The average molecular weight is 385 g/mol. The zero-order chi connectivity index (χ0) is 18.8. The molecule has 0 fully saturated rings. The third-order valence-electron chi connectivity index (χ3n) is 4.51. The Morgan fingerprint density at radius 1 is 1.20 bits per heavy atom. The highest BCUT2D eigenvalue weighted by Crippen LogP contribution is 2.28. The van der Waals surface area contributed by atoms with Crippen LogP contribution in [0, 0.1) is 5.92 Å². The van der Waals surface area contributed by atoms with Gasteiger partial charge in [0.25, 0.3) is 0 Å². The van der Waals surface area contributed by atoms with Crippen LogP contribution >= 0.6 is 18.9 Å². The first-order valence-electron chi connectivity index (χ1n) is 8.42. The van der Waals surface area contributed by atoms with Crippen LogP contribution in [0.2, 0.25) is 0 Å². The van der Waals surface area contributed by atoms with Gasteiger partial charge in [-0.05, 0) is 25.3 Å². The van der Waals surface area contributed by atoms with E-state index in [2.05, 4.69) is 18.9 Å². The Morgan fingerprint density at radius 3 is 2.36 bits per heavy atom. The van der Waals surface area contributed by atoms with Crippen molar-refractivity contribution in [2.45, 2.75) is 51.4 Å². The average Bonchev–Trinajstić information content (AvgIpc) is 2.64. The molecule has 0 aromatic heterocycles. The van der Waals surface area contributed by atoms with Crippen LogP contribution in [0.5, 0.6) is 0 Å². The van der Waals surface area contributed by atoms with Gasteiger partial charge in [-0.15, -0.1) is 0 Å². The highest BCUT2D eigenvalue weighted by atomic mass is 31.0. The minimum atomic E-state index is -0.226. The van der Waals surface area contributed by atoms with Crippen LogP contribution in [0.1, 0.15) is 44.8 Å². The third-order valence-corrected chi connectivity index (χ3v) is 5.19. The molecule has 1 aromatic carbocycles. The second-order valence-electron chi connectivity index (χ2n) is 6.30. The molecule has 140 valence electrons. The number of benzene rings is 1. The molecule has 7 heteroatoms. The minimum absolute atomic E-state index is 0.0358. The maximum atomic E-state index is 12.8. The molecule has 1 aromatic rings. The lowest BCUT2D eigenvalue weighted by molar-refractivity contribution is -0.138. The maximum absolute atomic E-state index is 12.8. The molecule has 0 spiro atoms. The number of rotatable bonds is 11. The highest BCUT2D eigenvalue weighted by molar-refractivity contribution is 7.10. The van der Waals surface area contributed by atoms with Gasteiger partial charge < -0.3 is 18.7 Å². The van der Waals surface area contributed by atoms with Crippen LogP contribution in [0.25, 0.3) is 0 Å².